The predicted molar refractivity (Wildman–Crippen MR) is 121 cm³/mol. The lowest BCUT2D eigenvalue weighted by Gasteiger charge is -2.29. The Morgan fingerprint density at radius 3 is 2.41 bits per heavy atom. The zero-order valence-corrected chi connectivity index (χ0v) is 16.6. The van der Waals surface area contributed by atoms with Gasteiger partial charge in [-0.3, -0.25) is 4.79 Å². The van der Waals surface area contributed by atoms with E-state index in [4.69, 9.17) is 5.73 Å². The van der Waals surface area contributed by atoms with Gasteiger partial charge in [-0.15, -0.1) is 0 Å². The topological polar surface area (TPSA) is 70.4 Å². The van der Waals surface area contributed by atoms with Crippen molar-refractivity contribution < 1.29 is 4.79 Å². The molecule has 1 aliphatic heterocycles. The molecule has 3 aromatic rings. The lowest BCUT2D eigenvalue weighted by atomic mass is 9.98. The molecule has 148 valence electrons. The van der Waals surface area contributed by atoms with E-state index in [1.54, 1.807) is 12.1 Å². The fourth-order valence-corrected chi connectivity index (χ4v) is 3.71. The highest BCUT2D eigenvalue weighted by atomic mass is 16.1. The Hall–Kier alpha value is -3.31. The summed E-state index contributed by atoms with van der Waals surface area (Å²) in [6.45, 7) is 6.16. The number of rotatable bonds is 4. The summed E-state index contributed by atoms with van der Waals surface area (Å²) in [6.07, 6.45) is 0. The van der Waals surface area contributed by atoms with Crippen molar-refractivity contribution in [2.75, 3.05) is 42.1 Å². The summed E-state index contributed by atoms with van der Waals surface area (Å²) in [5, 5.41) is 6.26. The van der Waals surface area contributed by atoms with E-state index in [0.29, 0.717) is 16.9 Å². The van der Waals surface area contributed by atoms with Crippen LogP contribution in [0.5, 0.6) is 0 Å². The minimum Gasteiger partial charge on any atom is -0.397 e. The Labute approximate surface area is 171 Å². The second kappa shape index (κ2) is 8.37. The van der Waals surface area contributed by atoms with E-state index in [2.05, 4.69) is 39.8 Å². The second-order valence-corrected chi connectivity index (χ2v) is 7.35. The predicted octanol–water partition coefficient (Wildman–Crippen LogP) is 3.91. The van der Waals surface area contributed by atoms with Crippen LogP contribution in [-0.2, 0) is 0 Å². The van der Waals surface area contributed by atoms with Crippen LogP contribution in [0.2, 0.25) is 0 Å². The number of nitrogens with one attached hydrogen (secondary N) is 2. The van der Waals surface area contributed by atoms with Gasteiger partial charge < -0.3 is 21.3 Å². The third kappa shape index (κ3) is 4.25. The number of anilines is 3. The van der Waals surface area contributed by atoms with Gasteiger partial charge in [0.05, 0.1) is 11.4 Å². The number of para-hydroxylation sites is 2. The Kier molecular flexibility index (Phi) is 5.49. The summed E-state index contributed by atoms with van der Waals surface area (Å²) in [7, 11) is 0. The van der Waals surface area contributed by atoms with E-state index in [1.165, 1.54) is 5.69 Å². The molecular weight excluding hydrogens is 360 g/mol. The molecule has 0 spiro atoms. The van der Waals surface area contributed by atoms with Gasteiger partial charge in [0.1, 0.15) is 0 Å². The normalized spacial score (nSPS) is 13.9. The highest BCUT2D eigenvalue weighted by molar-refractivity contribution is 6.06. The number of hydrogen-bond donors (Lipinski definition) is 3. The van der Waals surface area contributed by atoms with Gasteiger partial charge in [0.25, 0.3) is 5.91 Å². The Morgan fingerprint density at radius 2 is 1.72 bits per heavy atom. The van der Waals surface area contributed by atoms with Gasteiger partial charge in [-0.2, -0.15) is 0 Å². The average Bonchev–Trinajstić information content (AvgIpc) is 2.76. The van der Waals surface area contributed by atoms with Crippen LogP contribution in [0.25, 0.3) is 11.1 Å². The van der Waals surface area contributed by atoms with Crippen molar-refractivity contribution in [3.8, 4) is 11.1 Å². The van der Waals surface area contributed by atoms with Crippen LogP contribution in [0.4, 0.5) is 17.1 Å². The quantitative estimate of drug-likeness (QED) is 0.595. The molecule has 0 aromatic heterocycles. The molecule has 1 heterocycles. The molecule has 5 heteroatoms. The Balaban J connectivity index is 1.51. The molecule has 29 heavy (non-hydrogen) atoms. The highest BCUT2D eigenvalue weighted by Gasteiger charge is 2.12. The van der Waals surface area contributed by atoms with Crippen molar-refractivity contribution in [3.63, 3.8) is 0 Å². The molecule has 4 rings (SSSR count). The van der Waals surface area contributed by atoms with Gasteiger partial charge >= 0.3 is 0 Å². The molecule has 0 saturated carbocycles. The number of aryl methyl sites for hydroxylation is 1. The molecule has 0 aliphatic carbocycles. The van der Waals surface area contributed by atoms with E-state index in [9.17, 15) is 4.79 Å². The summed E-state index contributed by atoms with van der Waals surface area (Å²) < 4.78 is 0. The van der Waals surface area contributed by atoms with E-state index < -0.39 is 0 Å². The van der Waals surface area contributed by atoms with E-state index in [-0.39, 0.29) is 5.91 Å². The third-order valence-electron chi connectivity index (χ3n) is 5.36. The van der Waals surface area contributed by atoms with E-state index in [1.807, 2.05) is 37.3 Å². The summed E-state index contributed by atoms with van der Waals surface area (Å²) in [5.41, 5.74) is 12.3. The van der Waals surface area contributed by atoms with Crippen LogP contribution in [0.3, 0.4) is 0 Å². The summed E-state index contributed by atoms with van der Waals surface area (Å²) in [4.78, 5) is 15.0. The molecule has 0 unspecified atom stereocenters. The van der Waals surface area contributed by atoms with Crippen LogP contribution in [-0.4, -0.2) is 32.1 Å². The number of nitrogens with zero attached hydrogens (tertiary/aromatic N) is 1. The molecule has 3 aromatic carbocycles. The molecule has 5 nitrogen and oxygen atoms in total. The van der Waals surface area contributed by atoms with Crippen molar-refractivity contribution in [2.45, 2.75) is 6.92 Å². The molecule has 1 amide bonds. The van der Waals surface area contributed by atoms with Crippen molar-refractivity contribution in [2.24, 2.45) is 0 Å². The first-order chi connectivity index (χ1) is 14.1. The SMILES string of the molecule is Cc1cc(C(=O)Nc2ccccc2N)ccc1-c1ccc(N2CCNCC2)cc1. The van der Waals surface area contributed by atoms with E-state index in [0.717, 1.165) is 42.9 Å². The molecule has 1 aliphatic rings. The van der Waals surface area contributed by atoms with Crippen molar-refractivity contribution in [1.29, 1.82) is 0 Å². The second-order valence-electron chi connectivity index (χ2n) is 7.35. The van der Waals surface area contributed by atoms with Gasteiger partial charge in [0.15, 0.2) is 0 Å². The zero-order valence-electron chi connectivity index (χ0n) is 16.6. The van der Waals surface area contributed by atoms with Crippen molar-refractivity contribution >= 4 is 23.0 Å². The number of piperazine rings is 1. The first-order valence-electron chi connectivity index (χ1n) is 9.94. The first-order valence-corrected chi connectivity index (χ1v) is 9.94. The highest BCUT2D eigenvalue weighted by Crippen LogP contribution is 2.27. The van der Waals surface area contributed by atoms with Gasteiger partial charge in [-0.25, -0.2) is 0 Å². The summed E-state index contributed by atoms with van der Waals surface area (Å²) in [6, 6.07) is 21.7. The van der Waals surface area contributed by atoms with Crippen molar-refractivity contribution in [3.05, 3.63) is 77.9 Å². The molecule has 0 radical (unpaired) electrons. The summed E-state index contributed by atoms with van der Waals surface area (Å²) >= 11 is 0. The number of amides is 1. The van der Waals surface area contributed by atoms with Gasteiger partial charge in [-0.1, -0.05) is 30.3 Å². The van der Waals surface area contributed by atoms with Crippen LogP contribution < -0.4 is 21.3 Å². The molecule has 0 bridgehead atoms. The third-order valence-corrected chi connectivity index (χ3v) is 5.36. The van der Waals surface area contributed by atoms with Gasteiger partial charge in [0, 0.05) is 37.4 Å². The molecule has 1 saturated heterocycles. The maximum Gasteiger partial charge on any atom is 0.255 e. The molecule has 4 N–H and O–H groups in total. The monoisotopic (exact) mass is 386 g/mol. The van der Waals surface area contributed by atoms with E-state index >= 15 is 0 Å². The standard InChI is InChI=1S/C24H26N4O/c1-17-16-19(24(29)27-23-5-3-2-4-22(23)25)8-11-21(17)18-6-9-20(10-7-18)28-14-12-26-13-15-28/h2-11,16,26H,12-15,25H2,1H3,(H,27,29). The maximum atomic E-state index is 12.6. The van der Waals surface area contributed by atoms with Gasteiger partial charge in [0.2, 0.25) is 0 Å². The first kappa shape index (κ1) is 19.0. The van der Waals surface area contributed by atoms with Crippen molar-refractivity contribution in [1.82, 2.24) is 5.32 Å². The van der Waals surface area contributed by atoms with Crippen LogP contribution in [0.1, 0.15) is 15.9 Å². The fraction of sp³-hybridized carbons (Fsp3) is 0.208. The molecule has 1 fully saturated rings. The van der Waals surface area contributed by atoms with Crippen LogP contribution in [0, 0.1) is 6.92 Å². The number of hydrogen-bond acceptors (Lipinski definition) is 4. The fourth-order valence-electron chi connectivity index (χ4n) is 3.71. The summed E-state index contributed by atoms with van der Waals surface area (Å²) in [5.74, 6) is -0.161. The average molecular weight is 386 g/mol. The van der Waals surface area contributed by atoms with Gasteiger partial charge in [-0.05, 0) is 60.0 Å². The van der Waals surface area contributed by atoms with Crippen LogP contribution >= 0.6 is 0 Å². The Morgan fingerprint density at radius 1 is 1.00 bits per heavy atom. The number of nitrogens with two attached hydrogens (primary N) is 1. The zero-order chi connectivity index (χ0) is 20.2. The number of carbonyl (C=O) groups excluding carboxylic acids is 1. The minimum atomic E-state index is -0.161. The Bertz CT molecular complexity index is 1010. The number of benzene rings is 3. The lowest BCUT2D eigenvalue weighted by molar-refractivity contribution is 0.102. The molecular formula is C24H26N4O. The molecule has 0 atom stereocenters. The smallest absolute Gasteiger partial charge is 0.255 e. The number of carbonyl (C=O) groups is 1. The largest absolute Gasteiger partial charge is 0.397 e. The maximum absolute atomic E-state index is 12.6. The lowest BCUT2D eigenvalue weighted by Crippen LogP contribution is -2.43. The minimum absolute atomic E-state index is 0.161. The number of nitrogen functional groups attached to an aromatic ring is 1. The van der Waals surface area contributed by atoms with Crippen LogP contribution in [0.15, 0.2) is 66.7 Å².